The number of benzene rings is 2. The molecule has 1 saturated heterocycles. The van der Waals surface area contributed by atoms with Crippen LogP contribution in [-0.4, -0.2) is 28.0 Å². The molecule has 4 heteroatoms. The molecule has 0 bridgehead atoms. The van der Waals surface area contributed by atoms with Gasteiger partial charge in [0.25, 0.3) is 0 Å². The molecule has 0 aliphatic carbocycles. The first-order valence-electron chi connectivity index (χ1n) is 9.14. The van der Waals surface area contributed by atoms with Gasteiger partial charge in [-0.3, -0.25) is 9.59 Å². The Balaban J connectivity index is 1.54. The maximum atomic E-state index is 13.0. The van der Waals surface area contributed by atoms with E-state index in [2.05, 4.69) is 12.1 Å². The monoisotopic (exact) mass is 346 g/mol. The van der Waals surface area contributed by atoms with Gasteiger partial charge >= 0.3 is 0 Å². The Morgan fingerprint density at radius 2 is 1.77 bits per heavy atom. The van der Waals surface area contributed by atoms with Gasteiger partial charge in [-0.05, 0) is 37.0 Å². The van der Waals surface area contributed by atoms with Crippen LogP contribution in [-0.2, 0) is 17.8 Å². The summed E-state index contributed by atoms with van der Waals surface area (Å²) in [6.07, 6.45) is 4.72. The summed E-state index contributed by atoms with van der Waals surface area (Å²) in [7, 11) is 0. The van der Waals surface area contributed by atoms with Gasteiger partial charge in [0.2, 0.25) is 5.91 Å². The zero-order chi connectivity index (χ0) is 17.9. The van der Waals surface area contributed by atoms with Crippen LogP contribution in [0.1, 0.15) is 18.4 Å². The quantitative estimate of drug-likeness (QED) is 0.728. The summed E-state index contributed by atoms with van der Waals surface area (Å²) in [4.78, 5) is 27.0. The van der Waals surface area contributed by atoms with Crippen molar-refractivity contribution in [2.24, 2.45) is 0 Å². The number of pyridine rings is 1. The Morgan fingerprint density at radius 3 is 2.62 bits per heavy atom. The minimum Gasteiger partial charge on any atom is -0.338 e. The third kappa shape index (κ3) is 3.27. The highest BCUT2D eigenvalue weighted by Crippen LogP contribution is 2.22. The highest BCUT2D eigenvalue weighted by Gasteiger charge is 2.28. The average molecular weight is 346 g/mol. The molecular formula is C22H22N2O2. The van der Waals surface area contributed by atoms with Crippen LogP contribution in [0.15, 0.2) is 71.7 Å². The van der Waals surface area contributed by atoms with Crippen LogP contribution in [0, 0.1) is 0 Å². The van der Waals surface area contributed by atoms with Crippen molar-refractivity contribution in [3.05, 3.63) is 82.6 Å². The second-order valence-corrected chi connectivity index (χ2v) is 6.90. The number of aromatic nitrogens is 1. The third-order valence-electron chi connectivity index (χ3n) is 5.20. The van der Waals surface area contributed by atoms with Gasteiger partial charge in [-0.15, -0.1) is 0 Å². The van der Waals surface area contributed by atoms with Gasteiger partial charge in [-0.1, -0.05) is 42.5 Å². The Bertz CT molecular complexity index is 978. The third-order valence-corrected chi connectivity index (χ3v) is 5.20. The van der Waals surface area contributed by atoms with E-state index in [-0.39, 0.29) is 23.9 Å². The predicted molar refractivity (Wildman–Crippen MR) is 103 cm³/mol. The van der Waals surface area contributed by atoms with Crippen molar-refractivity contribution < 1.29 is 4.79 Å². The predicted octanol–water partition coefficient (Wildman–Crippen LogP) is 3.24. The molecule has 1 aromatic heterocycles. The lowest BCUT2D eigenvalue weighted by atomic mass is 10.0. The highest BCUT2D eigenvalue weighted by atomic mass is 16.2. The van der Waals surface area contributed by atoms with Gasteiger partial charge in [0.15, 0.2) is 5.43 Å². The van der Waals surface area contributed by atoms with Gasteiger partial charge in [0, 0.05) is 30.2 Å². The van der Waals surface area contributed by atoms with Crippen molar-refractivity contribution in [1.29, 1.82) is 0 Å². The van der Waals surface area contributed by atoms with Gasteiger partial charge in [0.05, 0.1) is 5.52 Å². The summed E-state index contributed by atoms with van der Waals surface area (Å²) in [5, 5.41) is 0.657. The van der Waals surface area contributed by atoms with E-state index in [1.54, 1.807) is 12.3 Å². The van der Waals surface area contributed by atoms with Crippen molar-refractivity contribution in [3.8, 4) is 0 Å². The van der Waals surface area contributed by atoms with Gasteiger partial charge in [0.1, 0.15) is 6.54 Å². The molecule has 1 amide bonds. The fourth-order valence-corrected chi connectivity index (χ4v) is 3.90. The van der Waals surface area contributed by atoms with E-state index >= 15 is 0 Å². The Labute approximate surface area is 152 Å². The van der Waals surface area contributed by atoms with Crippen LogP contribution >= 0.6 is 0 Å². The molecule has 3 aromatic rings. The fraction of sp³-hybridized carbons (Fsp3) is 0.273. The summed E-state index contributed by atoms with van der Waals surface area (Å²) >= 11 is 0. The minimum atomic E-state index is -0.00701. The molecule has 4 rings (SSSR count). The molecule has 0 unspecified atom stereocenters. The molecule has 1 atom stereocenters. The second-order valence-electron chi connectivity index (χ2n) is 6.90. The van der Waals surface area contributed by atoms with E-state index in [9.17, 15) is 9.59 Å². The molecule has 1 aliphatic rings. The van der Waals surface area contributed by atoms with Crippen LogP contribution in [0.4, 0.5) is 0 Å². The number of hydrogen-bond acceptors (Lipinski definition) is 2. The smallest absolute Gasteiger partial charge is 0.242 e. The zero-order valence-corrected chi connectivity index (χ0v) is 14.7. The lowest BCUT2D eigenvalue weighted by molar-refractivity contribution is -0.132. The number of hydrogen-bond donors (Lipinski definition) is 0. The lowest BCUT2D eigenvalue weighted by Gasteiger charge is -2.25. The Hall–Kier alpha value is -2.88. The molecule has 2 aromatic carbocycles. The molecule has 0 saturated carbocycles. The number of amides is 1. The topological polar surface area (TPSA) is 42.3 Å². The van der Waals surface area contributed by atoms with Crippen molar-refractivity contribution in [1.82, 2.24) is 9.47 Å². The summed E-state index contributed by atoms with van der Waals surface area (Å²) in [5.41, 5.74) is 2.07. The van der Waals surface area contributed by atoms with Gasteiger partial charge in [-0.25, -0.2) is 0 Å². The van der Waals surface area contributed by atoms with Crippen LogP contribution in [0.25, 0.3) is 10.9 Å². The van der Waals surface area contributed by atoms with Crippen molar-refractivity contribution in [2.75, 3.05) is 6.54 Å². The molecular weight excluding hydrogens is 324 g/mol. The first-order valence-corrected chi connectivity index (χ1v) is 9.14. The van der Waals surface area contributed by atoms with Gasteiger partial charge in [-0.2, -0.15) is 0 Å². The first-order chi connectivity index (χ1) is 12.7. The van der Waals surface area contributed by atoms with E-state index in [0.29, 0.717) is 5.39 Å². The Kier molecular flexibility index (Phi) is 4.57. The summed E-state index contributed by atoms with van der Waals surface area (Å²) in [5.74, 6) is 0.122. The largest absolute Gasteiger partial charge is 0.338 e. The summed E-state index contributed by atoms with van der Waals surface area (Å²) in [6.45, 7) is 1.08. The van der Waals surface area contributed by atoms with E-state index in [4.69, 9.17) is 0 Å². The fourth-order valence-electron chi connectivity index (χ4n) is 3.90. The number of fused-ring (bicyclic) bond motifs is 1. The summed E-state index contributed by atoms with van der Waals surface area (Å²) in [6, 6.07) is 19.6. The zero-order valence-electron chi connectivity index (χ0n) is 14.7. The SMILES string of the molecule is O=C(Cn1ccc(=O)c2ccccc21)N1CCC[C@@H]1Cc1ccccc1. The second kappa shape index (κ2) is 7.16. The maximum Gasteiger partial charge on any atom is 0.242 e. The average Bonchev–Trinajstić information content (AvgIpc) is 3.13. The molecule has 4 nitrogen and oxygen atoms in total. The van der Waals surface area contributed by atoms with Crippen LogP contribution in [0.2, 0.25) is 0 Å². The summed E-state index contributed by atoms with van der Waals surface area (Å²) < 4.78 is 1.89. The first kappa shape index (κ1) is 16.6. The highest BCUT2D eigenvalue weighted by molar-refractivity contribution is 5.82. The van der Waals surface area contributed by atoms with Crippen LogP contribution in [0.3, 0.4) is 0 Å². The number of rotatable bonds is 4. The van der Waals surface area contributed by atoms with E-state index in [1.807, 2.05) is 51.9 Å². The minimum absolute atomic E-state index is 0.00701. The lowest BCUT2D eigenvalue weighted by Crippen LogP contribution is -2.39. The number of nitrogens with zero attached hydrogens (tertiary/aromatic N) is 2. The molecule has 132 valence electrons. The molecule has 2 heterocycles. The van der Waals surface area contributed by atoms with Crippen molar-refractivity contribution >= 4 is 16.8 Å². The molecule has 0 spiro atoms. The van der Waals surface area contributed by atoms with E-state index in [1.165, 1.54) is 5.56 Å². The molecule has 1 aliphatic heterocycles. The maximum absolute atomic E-state index is 13.0. The number of likely N-dealkylation sites (tertiary alicyclic amines) is 1. The standard InChI is InChI=1S/C22H22N2O2/c25-21-12-14-23(20-11-5-4-10-19(20)21)16-22(26)24-13-6-9-18(24)15-17-7-2-1-3-8-17/h1-5,7-8,10-12,14,18H,6,9,13,15-16H2/t18-/m1/s1. The van der Waals surface area contributed by atoms with Crippen LogP contribution in [0.5, 0.6) is 0 Å². The van der Waals surface area contributed by atoms with Crippen molar-refractivity contribution in [2.45, 2.75) is 31.8 Å². The molecule has 1 fully saturated rings. The number of para-hydroxylation sites is 1. The van der Waals surface area contributed by atoms with E-state index in [0.717, 1.165) is 31.3 Å². The van der Waals surface area contributed by atoms with Crippen LogP contribution < -0.4 is 5.43 Å². The molecule has 26 heavy (non-hydrogen) atoms. The number of carbonyl (C=O) groups is 1. The van der Waals surface area contributed by atoms with Gasteiger partial charge < -0.3 is 9.47 Å². The van der Waals surface area contributed by atoms with Crippen molar-refractivity contribution in [3.63, 3.8) is 0 Å². The normalized spacial score (nSPS) is 16.9. The molecule has 0 N–H and O–H groups in total. The number of carbonyl (C=O) groups excluding carboxylic acids is 1. The Morgan fingerprint density at radius 1 is 1.00 bits per heavy atom. The van der Waals surface area contributed by atoms with E-state index < -0.39 is 0 Å². The molecule has 0 radical (unpaired) electrons.